The van der Waals surface area contributed by atoms with Crippen LogP contribution in [-0.4, -0.2) is 35.9 Å². The molecule has 0 fully saturated rings. The van der Waals surface area contributed by atoms with Gasteiger partial charge in [0.05, 0.1) is 6.33 Å². The number of sulfonamides is 1. The monoisotopic (exact) mass is 345 g/mol. The zero-order valence-electron chi connectivity index (χ0n) is 12.7. The van der Waals surface area contributed by atoms with Gasteiger partial charge in [-0.05, 0) is 24.6 Å². The highest BCUT2D eigenvalue weighted by Crippen LogP contribution is 2.19. The van der Waals surface area contributed by atoms with Crippen molar-refractivity contribution in [2.75, 3.05) is 7.05 Å². The molecule has 0 unspecified atom stereocenters. The highest BCUT2D eigenvalue weighted by Gasteiger charge is 2.23. The van der Waals surface area contributed by atoms with Crippen molar-refractivity contribution >= 4 is 10.0 Å². The van der Waals surface area contributed by atoms with Gasteiger partial charge in [0.25, 0.3) is 10.0 Å². The highest BCUT2D eigenvalue weighted by atomic mass is 32.2. The molecule has 0 aliphatic carbocycles. The standard InChI is InChI=1S/C14H17F2N3O3S/c1-3-19-9-13(17-10-19)23(20,21)18(2)8-11-5-4-6-12(7-11)22-14(15)16/h4-7,9-10,14H,3,8H2,1-2H3. The number of aryl methyl sites for hydroxylation is 1. The van der Waals surface area contributed by atoms with E-state index in [1.165, 1.54) is 37.8 Å². The zero-order valence-corrected chi connectivity index (χ0v) is 13.5. The summed E-state index contributed by atoms with van der Waals surface area (Å²) in [7, 11) is -2.35. The van der Waals surface area contributed by atoms with Gasteiger partial charge < -0.3 is 9.30 Å². The molecular weight excluding hydrogens is 328 g/mol. The van der Waals surface area contributed by atoms with Crippen molar-refractivity contribution in [2.24, 2.45) is 0 Å². The predicted octanol–water partition coefficient (Wildman–Crippen LogP) is 2.33. The van der Waals surface area contributed by atoms with E-state index in [9.17, 15) is 17.2 Å². The van der Waals surface area contributed by atoms with Crippen LogP contribution in [0.3, 0.4) is 0 Å². The van der Waals surface area contributed by atoms with Crippen LogP contribution in [0.4, 0.5) is 8.78 Å². The van der Waals surface area contributed by atoms with E-state index in [0.717, 1.165) is 4.31 Å². The van der Waals surface area contributed by atoms with Gasteiger partial charge in [0.2, 0.25) is 0 Å². The zero-order chi connectivity index (χ0) is 17.0. The third-order valence-electron chi connectivity index (χ3n) is 3.18. The lowest BCUT2D eigenvalue weighted by atomic mass is 10.2. The van der Waals surface area contributed by atoms with Crippen molar-refractivity contribution < 1.29 is 21.9 Å². The number of imidazole rings is 1. The minimum absolute atomic E-state index is 0.0152. The van der Waals surface area contributed by atoms with Crippen LogP contribution in [-0.2, 0) is 23.1 Å². The van der Waals surface area contributed by atoms with Crippen LogP contribution in [0, 0.1) is 0 Å². The van der Waals surface area contributed by atoms with Crippen molar-refractivity contribution in [3.63, 3.8) is 0 Å². The van der Waals surface area contributed by atoms with Crippen LogP contribution in [0.1, 0.15) is 12.5 Å². The van der Waals surface area contributed by atoms with E-state index in [-0.39, 0.29) is 17.3 Å². The van der Waals surface area contributed by atoms with E-state index in [1.807, 2.05) is 6.92 Å². The summed E-state index contributed by atoms with van der Waals surface area (Å²) in [6.07, 6.45) is 2.89. The molecule has 1 aromatic carbocycles. The smallest absolute Gasteiger partial charge is 0.387 e. The molecule has 0 aliphatic rings. The van der Waals surface area contributed by atoms with E-state index >= 15 is 0 Å². The van der Waals surface area contributed by atoms with E-state index in [0.29, 0.717) is 12.1 Å². The summed E-state index contributed by atoms with van der Waals surface area (Å²) in [4.78, 5) is 3.89. The molecule has 0 radical (unpaired) electrons. The first-order valence-corrected chi connectivity index (χ1v) is 8.28. The lowest BCUT2D eigenvalue weighted by Crippen LogP contribution is -2.26. The summed E-state index contributed by atoms with van der Waals surface area (Å²) < 4.78 is 56.4. The molecule has 0 amide bonds. The molecular formula is C14H17F2N3O3S. The summed E-state index contributed by atoms with van der Waals surface area (Å²) in [5.74, 6) is -0.0152. The largest absolute Gasteiger partial charge is 0.435 e. The number of ether oxygens (including phenoxy) is 1. The maximum absolute atomic E-state index is 12.4. The van der Waals surface area contributed by atoms with Crippen molar-refractivity contribution in [1.29, 1.82) is 0 Å². The molecule has 0 N–H and O–H groups in total. The van der Waals surface area contributed by atoms with Crippen LogP contribution >= 0.6 is 0 Å². The van der Waals surface area contributed by atoms with Crippen LogP contribution in [0.15, 0.2) is 41.8 Å². The van der Waals surface area contributed by atoms with Gasteiger partial charge in [0, 0.05) is 26.3 Å². The molecule has 6 nitrogen and oxygen atoms in total. The van der Waals surface area contributed by atoms with Gasteiger partial charge in [-0.3, -0.25) is 0 Å². The molecule has 2 rings (SSSR count). The molecule has 0 bridgehead atoms. The quantitative estimate of drug-likeness (QED) is 0.773. The van der Waals surface area contributed by atoms with Gasteiger partial charge in [0.15, 0.2) is 5.03 Å². The Morgan fingerprint density at radius 2 is 2.13 bits per heavy atom. The molecule has 0 aliphatic heterocycles. The summed E-state index contributed by atoms with van der Waals surface area (Å²) in [6.45, 7) is -0.429. The number of benzene rings is 1. The van der Waals surface area contributed by atoms with Crippen molar-refractivity contribution in [3.8, 4) is 5.75 Å². The van der Waals surface area contributed by atoms with Gasteiger partial charge in [-0.1, -0.05) is 12.1 Å². The molecule has 1 aromatic heterocycles. The Bertz CT molecular complexity index is 762. The summed E-state index contributed by atoms with van der Waals surface area (Å²) in [5.41, 5.74) is 0.532. The fraction of sp³-hybridized carbons (Fsp3) is 0.357. The Balaban J connectivity index is 2.16. The summed E-state index contributed by atoms with van der Waals surface area (Å²) >= 11 is 0. The predicted molar refractivity (Wildman–Crippen MR) is 79.6 cm³/mol. The van der Waals surface area contributed by atoms with Crippen molar-refractivity contribution in [3.05, 3.63) is 42.4 Å². The molecule has 1 heterocycles. The summed E-state index contributed by atoms with van der Waals surface area (Å²) in [6, 6.07) is 5.92. The molecule has 126 valence electrons. The first-order valence-electron chi connectivity index (χ1n) is 6.84. The third kappa shape index (κ3) is 4.26. The van der Waals surface area contributed by atoms with Gasteiger partial charge in [0.1, 0.15) is 5.75 Å². The molecule has 0 saturated carbocycles. The lowest BCUT2D eigenvalue weighted by molar-refractivity contribution is -0.0498. The number of halogens is 2. The number of rotatable bonds is 7. The molecule has 0 saturated heterocycles. The minimum atomic E-state index is -3.75. The maximum Gasteiger partial charge on any atom is 0.387 e. The maximum atomic E-state index is 12.4. The Morgan fingerprint density at radius 3 is 2.74 bits per heavy atom. The van der Waals surface area contributed by atoms with Gasteiger partial charge in [-0.2, -0.15) is 13.1 Å². The number of alkyl halides is 2. The first-order chi connectivity index (χ1) is 10.8. The lowest BCUT2D eigenvalue weighted by Gasteiger charge is -2.16. The molecule has 0 atom stereocenters. The van der Waals surface area contributed by atoms with E-state index in [1.54, 1.807) is 10.6 Å². The van der Waals surface area contributed by atoms with Crippen LogP contribution in [0.5, 0.6) is 5.75 Å². The van der Waals surface area contributed by atoms with Crippen LogP contribution in [0.25, 0.3) is 0 Å². The Morgan fingerprint density at radius 1 is 1.39 bits per heavy atom. The van der Waals surface area contributed by atoms with Crippen molar-refractivity contribution in [1.82, 2.24) is 13.9 Å². The molecule has 9 heteroatoms. The summed E-state index contributed by atoms with van der Waals surface area (Å²) in [5, 5.41) is -0.0539. The number of hydrogen-bond acceptors (Lipinski definition) is 4. The average molecular weight is 345 g/mol. The third-order valence-corrected chi connectivity index (χ3v) is 4.87. The van der Waals surface area contributed by atoms with Crippen LogP contribution in [0.2, 0.25) is 0 Å². The first kappa shape index (κ1) is 17.4. The second-order valence-electron chi connectivity index (χ2n) is 4.83. The topological polar surface area (TPSA) is 64.4 Å². The fourth-order valence-corrected chi connectivity index (χ4v) is 3.05. The minimum Gasteiger partial charge on any atom is -0.435 e. The molecule has 0 spiro atoms. The number of nitrogens with zero attached hydrogens (tertiary/aromatic N) is 3. The van der Waals surface area contributed by atoms with E-state index in [2.05, 4.69) is 9.72 Å². The average Bonchev–Trinajstić information content (AvgIpc) is 2.96. The molecule has 23 heavy (non-hydrogen) atoms. The Labute approximate surface area is 133 Å². The normalized spacial score (nSPS) is 12.1. The van der Waals surface area contributed by atoms with Gasteiger partial charge in [-0.25, -0.2) is 13.4 Å². The van der Waals surface area contributed by atoms with Gasteiger partial charge >= 0.3 is 6.61 Å². The number of hydrogen-bond donors (Lipinski definition) is 0. The highest BCUT2D eigenvalue weighted by molar-refractivity contribution is 7.89. The second-order valence-corrected chi connectivity index (χ2v) is 6.82. The number of aromatic nitrogens is 2. The van der Waals surface area contributed by atoms with Crippen molar-refractivity contribution in [2.45, 2.75) is 31.7 Å². The van der Waals surface area contributed by atoms with Crippen LogP contribution < -0.4 is 4.74 Å². The van der Waals surface area contributed by atoms with E-state index in [4.69, 9.17) is 0 Å². The molecule has 2 aromatic rings. The Kier molecular flexibility index (Phi) is 5.32. The SMILES string of the molecule is CCn1cnc(S(=O)(=O)N(C)Cc2cccc(OC(F)F)c2)c1. The van der Waals surface area contributed by atoms with E-state index < -0.39 is 16.6 Å². The Hall–Kier alpha value is -2.00. The van der Waals surface area contributed by atoms with Gasteiger partial charge in [-0.15, -0.1) is 0 Å². The fourth-order valence-electron chi connectivity index (χ4n) is 1.97. The second kappa shape index (κ2) is 7.05.